The Morgan fingerprint density at radius 3 is 2.65 bits per heavy atom. The first-order valence-electron chi connectivity index (χ1n) is 7.83. The van der Waals surface area contributed by atoms with E-state index in [0.717, 1.165) is 18.2 Å². The van der Waals surface area contributed by atoms with Crippen LogP contribution in [0.1, 0.15) is 43.7 Å². The van der Waals surface area contributed by atoms with Gasteiger partial charge in [-0.15, -0.1) is 0 Å². The largest absolute Gasteiger partial charge is 0.313 e. The third-order valence-corrected chi connectivity index (χ3v) is 5.74. The summed E-state index contributed by atoms with van der Waals surface area (Å²) in [6.45, 7) is 5.22. The average Bonchev–Trinajstić information content (AvgIpc) is 2.95. The molecule has 1 fully saturated rings. The molecule has 2 rings (SSSR count). The molecule has 0 spiro atoms. The van der Waals surface area contributed by atoms with E-state index in [4.69, 9.17) is 0 Å². The van der Waals surface area contributed by atoms with E-state index in [-0.39, 0.29) is 0 Å². The van der Waals surface area contributed by atoms with Crippen LogP contribution in [0.2, 0.25) is 0 Å². The van der Waals surface area contributed by atoms with Gasteiger partial charge in [0.15, 0.2) is 0 Å². The molecule has 0 radical (unpaired) electrons. The minimum atomic E-state index is -0.771. The van der Waals surface area contributed by atoms with Gasteiger partial charge in [-0.05, 0) is 43.4 Å². The lowest BCUT2D eigenvalue weighted by atomic mass is 10.00. The molecule has 1 aromatic carbocycles. The molecule has 1 aliphatic rings. The van der Waals surface area contributed by atoms with Crippen molar-refractivity contribution in [1.29, 1.82) is 0 Å². The first-order chi connectivity index (χ1) is 9.70. The van der Waals surface area contributed by atoms with Crippen LogP contribution in [0, 0.1) is 12.8 Å². The third-order valence-electron chi connectivity index (χ3n) is 4.38. The van der Waals surface area contributed by atoms with Gasteiger partial charge in [-0.3, -0.25) is 4.21 Å². The molecule has 1 aliphatic carbocycles. The molecule has 1 N–H and O–H groups in total. The topological polar surface area (TPSA) is 29.1 Å². The van der Waals surface area contributed by atoms with Crippen molar-refractivity contribution in [3.8, 4) is 0 Å². The lowest BCUT2D eigenvalue weighted by molar-refractivity contribution is 0.392. The zero-order valence-electron chi connectivity index (χ0n) is 12.7. The minimum Gasteiger partial charge on any atom is -0.313 e. The summed E-state index contributed by atoms with van der Waals surface area (Å²) in [6, 6.07) is 8.73. The smallest absolute Gasteiger partial charge is 0.0488 e. The van der Waals surface area contributed by atoms with Gasteiger partial charge in [0.25, 0.3) is 0 Å². The predicted molar refractivity (Wildman–Crippen MR) is 87.3 cm³/mol. The number of benzene rings is 1. The maximum absolute atomic E-state index is 12.5. The average molecular weight is 293 g/mol. The van der Waals surface area contributed by atoms with Gasteiger partial charge in [0.05, 0.1) is 0 Å². The van der Waals surface area contributed by atoms with Crippen LogP contribution in [-0.2, 0) is 16.6 Å². The van der Waals surface area contributed by atoms with Crippen LogP contribution in [0.15, 0.2) is 24.3 Å². The highest BCUT2D eigenvalue weighted by atomic mass is 32.2. The van der Waals surface area contributed by atoms with Gasteiger partial charge >= 0.3 is 0 Å². The Balaban J connectivity index is 1.92. The van der Waals surface area contributed by atoms with Crippen molar-refractivity contribution >= 4 is 10.8 Å². The summed E-state index contributed by atoms with van der Waals surface area (Å²) in [5.41, 5.74) is 2.48. The molecule has 0 bridgehead atoms. The van der Waals surface area contributed by atoms with Gasteiger partial charge in [0, 0.05) is 28.3 Å². The molecule has 2 atom stereocenters. The van der Waals surface area contributed by atoms with Gasteiger partial charge < -0.3 is 5.32 Å². The Bertz CT molecular complexity index is 440. The van der Waals surface area contributed by atoms with E-state index in [1.165, 1.54) is 36.8 Å². The summed E-state index contributed by atoms with van der Waals surface area (Å²) in [5.74, 6) is 2.23. The van der Waals surface area contributed by atoms with Crippen molar-refractivity contribution in [3.05, 3.63) is 35.4 Å². The Morgan fingerprint density at radius 1 is 1.30 bits per heavy atom. The first kappa shape index (κ1) is 15.7. The van der Waals surface area contributed by atoms with Gasteiger partial charge in [-0.2, -0.15) is 0 Å². The Hall–Kier alpha value is -0.670. The van der Waals surface area contributed by atoms with E-state index in [9.17, 15) is 4.21 Å². The molecule has 20 heavy (non-hydrogen) atoms. The highest BCUT2D eigenvalue weighted by molar-refractivity contribution is 7.84. The Labute approximate surface area is 125 Å². The molecule has 0 amide bonds. The fourth-order valence-corrected chi connectivity index (χ4v) is 4.77. The van der Waals surface area contributed by atoms with Crippen molar-refractivity contribution in [2.75, 3.05) is 12.3 Å². The summed E-state index contributed by atoms with van der Waals surface area (Å²) >= 11 is 0. The zero-order valence-corrected chi connectivity index (χ0v) is 13.5. The second-order valence-corrected chi connectivity index (χ2v) is 7.39. The highest BCUT2D eigenvalue weighted by Gasteiger charge is 2.25. The van der Waals surface area contributed by atoms with Crippen molar-refractivity contribution in [3.63, 3.8) is 0 Å². The number of hydrogen-bond acceptors (Lipinski definition) is 2. The summed E-state index contributed by atoms with van der Waals surface area (Å²) in [6.07, 6.45) is 5.30. The molecule has 0 aliphatic heterocycles. The van der Waals surface area contributed by atoms with Crippen molar-refractivity contribution in [2.45, 2.75) is 51.3 Å². The molecule has 3 heteroatoms. The standard InChI is InChI=1S/C17H27NOS/c1-3-18-17(15-9-6-7-10-15)13-20(19)12-16-11-5-4-8-14(16)2/h4-5,8,11,15,17-18H,3,6-7,9-10,12-13H2,1-2H3. The lowest BCUT2D eigenvalue weighted by Gasteiger charge is -2.24. The predicted octanol–water partition coefficient (Wildman–Crippen LogP) is 3.41. The van der Waals surface area contributed by atoms with E-state index in [1.807, 2.05) is 12.1 Å². The summed E-state index contributed by atoms with van der Waals surface area (Å²) in [7, 11) is -0.771. The molecular weight excluding hydrogens is 266 g/mol. The minimum absolute atomic E-state index is 0.437. The van der Waals surface area contributed by atoms with Gasteiger partial charge in [0.1, 0.15) is 0 Å². The van der Waals surface area contributed by atoms with Gasteiger partial charge in [0.2, 0.25) is 0 Å². The van der Waals surface area contributed by atoms with Crippen LogP contribution in [0.25, 0.3) is 0 Å². The van der Waals surface area contributed by atoms with Gasteiger partial charge in [-0.1, -0.05) is 44.0 Å². The van der Waals surface area contributed by atoms with E-state index < -0.39 is 10.8 Å². The van der Waals surface area contributed by atoms with Crippen LogP contribution in [0.5, 0.6) is 0 Å². The highest BCUT2D eigenvalue weighted by Crippen LogP contribution is 2.28. The van der Waals surface area contributed by atoms with Crippen molar-refractivity contribution in [1.82, 2.24) is 5.32 Å². The molecule has 112 valence electrons. The number of rotatable bonds is 7. The monoisotopic (exact) mass is 293 g/mol. The number of hydrogen-bond donors (Lipinski definition) is 1. The molecule has 1 saturated carbocycles. The van der Waals surface area contributed by atoms with Crippen LogP contribution in [0.3, 0.4) is 0 Å². The molecule has 0 saturated heterocycles. The maximum atomic E-state index is 12.5. The van der Waals surface area contributed by atoms with Crippen molar-refractivity contribution < 1.29 is 4.21 Å². The number of aryl methyl sites for hydroxylation is 1. The molecule has 2 nitrogen and oxygen atoms in total. The quantitative estimate of drug-likeness (QED) is 0.834. The maximum Gasteiger partial charge on any atom is 0.0488 e. The lowest BCUT2D eigenvalue weighted by Crippen LogP contribution is -2.39. The molecule has 0 aromatic heterocycles. The fraction of sp³-hybridized carbons (Fsp3) is 0.647. The number of nitrogens with one attached hydrogen (secondary N) is 1. The SMILES string of the molecule is CCNC(CS(=O)Cc1ccccc1C)C1CCCC1. The van der Waals surface area contributed by atoms with E-state index in [1.54, 1.807) is 0 Å². The zero-order chi connectivity index (χ0) is 14.4. The molecule has 1 aromatic rings. The Morgan fingerprint density at radius 2 is 2.00 bits per heavy atom. The Kier molecular flexibility index (Phi) is 6.24. The first-order valence-corrected chi connectivity index (χ1v) is 9.32. The fourth-order valence-electron chi connectivity index (χ4n) is 3.19. The molecule has 0 heterocycles. The summed E-state index contributed by atoms with van der Waals surface area (Å²) in [5, 5.41) is 3.56. The molecular formula is C17H27NOS. The second kappa shape index (κ2) is 7.94. The van der Waals surface area contributed by atoms with Crippen LogP contribution < -0.4 is 5.32 Å². The van der Waals surface area contributed by atoms with E-state index in [0.29, 0.717) is 11.8 Å². The third kappa shape index (κ3) is 4.42. The van der Waals surface area contributed by atoms with E-state index >= 15 is 0 Å². The van der Waals surface area contributed by atoms with Crippen molar-refractivity contribution in [2.24, 2.45) is 5.92 Å². The summed E-state index contributed by atoms with van der Waals surface area (Å²) in [4.78, 5) is 0. The normalized spacial score (nSPS) is 19.1. The second-order valence-electron chi connectivity index (χ2n) is 5.89. The summed E-state index contributed by atoms with van der Waals surface area (Å²) < 4.78 is 12.5. The van der Waals surface area contributed by atoms with Crippen LogP contribution >= 0.6 is 0 Å². The van der Waals surface area contributed by atoms with Gasteiger partial charge in [-0.25, -0.2) is 0 Å². The van der Waals surface area contributed by atoms with Crippen LogP contribution in [0.4, 0.5) is 0 Å². The molecule has 2 unspecified atom stereocenters. The van der Waals surface area contributed by atoms with Crippen LogP contribution in [-0.4, -0.2) is 22.5 Å². The van der Waals surface area contributed by atoms with E-state index in [2.05, 4.69) is 31.3 Å².